The molecule has 11 nitrogen and oxygen atoms in total. The van der Waals surface area contributed by atoms with E-state index >= 15 is 0 Å². The second-order valence-electron chi connectivity index (χ2n) is 0.598. The smallest absolute Gasteiger partial charge is 1.00 e. The maximum absolute atomic E-state index is 9.24. The minimum Gasteiger partial charge on any atom is -1.00 e. The average Bonchev–Trinajstić information content (AvgIpc) is 1.38. The molecule has 0 saturated carbocycles. The van der Waals surface area contributed by atoms with Gasteiger partial charge in [0.2, 0.25) is 0 Å². The van der Waals surface area contributed by atoms with E-state index < -0.39 is 5.97 Å². The fraction of sp³-hybridized carbons (Fsp3) is 0.500. The minimum atomic E-state index is -0.968. The van der Waals surface area contributed by atoms with Crippen molar-refractivity contribution < 1.29 is 179 Å². The van der Waals surface area contributed by atoms with E-state index in [-0.39, 0.29) is 245 Å². The Morgan fingerprint density at radius 2 is 0.577 bits per heavy atom. The number of nitrogens with two attached hydrogens (primary N) is 1. The first kappa shape index (κ1) is 370. The van der Waals surface area contributed by atoms with Crippen LogP contribution < -0.4 is 105 Å². The molecule has 0 aromatic rings. The van der Waals surface area contributed by atoms with Gasteiger partial charge in [-0.1, -0.05) is 0 Å². The Morgan fingerprint density at radius 1 is 0.538 bits per heavy atom. The zero-order chi connectivity index (χ0) is 4.28. The third-order valence-corrected chi connectivity index (χ3v) is 0.175. The SMILES string of the molecule is NCC(=O)O.[Al+3].[Al+3].[Al+3].[Al+3].[Cl-].[Cl-].[Cl-].[Cl-].[Cl-].[Cl-].[Cl-].[Cl-].[OH-].[OH-].[OH-].[OH-].[OH-].[OH-].[OH-].[OH-].[Zr+4]. The summed E-state index contributed by atoms with van der Waals surface area (Å²) in [6, 6.07) is 0. The molecule has 0 rings (SSSR count). The van der Waals surface area contributed by atoms with Crippen LogP contribution in [0.15, 0.2) is 0 Å². The van der Waals surface area contributed by atoms with E-state index in [9.17, 15) is 4.79 Å². The quantitative estimate of drug-likeness (QED) is 0.243. The number of hydrogen-bond acceptors (Lipinski definition) is 10. The van der Waals surface area contributed by atoms with E-state index in [0.717, 1.165) is 0 Å². The number of rotatable bonds is 1. The standard InChI is InChI=1S/C2H5NO2.4Al.8ClH.8H2O.Zr/c3-1-2(4)5;;;;;;;;;;;;;;;;;;;;;/h1,3H2,(H,4,5);;;;;8*1H;8*1H2;/q;4*+3;;;;;;;;;;;;;;;;;+4/p-16. The van der Waals surface area contributed by atoms with Crippen molar-refractivity contribution in [2.24, 2.45) is 5.73 Å². The number of carboxylic acids is 1. The summed E-state index contributed by atoms with van der Waals surface area (Å²) in [6.07, 6.45) is 0. The van der Waals surface area contributed by atoms with E-state index in [4.69, 9.17) is 5.11 Å². The van der Waals surface area contributed by atoms with Crippen LogP contribution in [0.25, 0.3) is 0 Å². The van der Waals surface area contributed by atoms with Gasteiger partial charge in [0.05, 0.1) is 6.54 Å². The van der Waals surface area contributed by atoms with E-state index in [1.807, 2.05) is 0 Å². The zero-order valence-corrected chi connectivity index (χ0v) is 25.2. The fourth-order valence-corrected chi connectivity index (χ4v) is 0. The summed E-state index contributed by atoms with van der Waals surface area (Å²) in [4.78, 5) is 9.24. The molecule has 0 radical (unpaired) electrons. The molecule has 0 spiro atoms. The molecular weight excluding hydrogens is 681 g/mol. The van der Waals surface area contributed by atoms with Gasteiger partial charge in [-0.15, -0.1) is 0 Å². The van der Waals surface area contributed by atoms with Crippen LogP contribution in [0.5, 0.6) is 0 Å². The van der Waals surface area contributed by atoms with Gasteiger partial charge in [0.25, 0.3) is 0 Å². The number of carboxylic acid groups (broad SMARTS) is 1. The molecule has 0 heterocycles. The van der Waals surface area contributed by atoms with Crippen LogP contribution in [0, 0.1) is 0 Å². The molecule has 0 amide bonds. The maximum atomic E-state index is 9.24. The van der Waals surface area contributed by atoms with Crippen LogP contribution in [-0.2, 0) is 31.0 Å². The van der Waals surface area contributed by atoms with Crippen molar-refractivity contribution in [2.45, 2.75) is 0 Å². The number of carbonyl (C=O) groups is 1. The van der Waals surface area contributed by atoms with E-state index in [2.05, 4.69) is 5.73 Å². The van der Waals surface area contributed by atoms with Crippen LogP contribution in [0.1, 0.15) is 0 Å². The monoisotopic (exact) mass is 689 g/mol. The molecule has 0 fully saturated rings. The molecule has 24 heteroatoms. The van der Waals surface area contributed by atoms with Gasteiger partial charge in [-0.05, 0) is 0 Å². The Balaban J connectivity index is -0.000000000381. The Hall–Kier alpha value is 4.44. The summed E-state index contributed by atoms with van der Waals surface area (Å²) in [7, 11) is 0. The minimum absolute atomic E-state index is 0. The maximum Gasteiger partial charge on any atom is 4.00 e. The molecule has 0 bridgehead atoms. The van der Waals surface area contributed by atoms with Crippen molar-refractivity contribution in [2.75, 3.05) is 6.54 Å². The molecule has 11 N–H and O–H groups in total. The molecule has 0 atom stereocenters. The van der Waals surface area contributed by atoms with Gasteiger partial charge >= 0.3 is 102 Å². The summed E-state index contributed by atoms with van der Waals surface area (Å²) >= 11 is 0. The molecule has 0 unspecified atom stereocenters. The molecule has 0 aliphatic rings. The Labute approximate surface area is 263 Å². The molecule has 0 aliphatic carbocycles. The number of hydrogen-bond donors (Lipinski definition) is 2. The van der Waals surface area contributed by atoms with Gasteiger partial charge in [0, 0.05) is 0 Å². The summed E-state index contributed by atoms with van der Waals surface area (Å²) in [5, 5.41) is 7.60. The van der Waals surface area contributed by atoms with Gasteiger partial charge in [-0.3, -0.25) is 4.79 Å². The van der Waals surface area contributed by atoms with Crippen LogP contribution in [0.3, 0.4) is 0 Å². The van der Waals surface area contributed by atoms with Gasteiger partial charge < -0.3 is 154 Å². The van der Waals surface area contributed by atoms with Crippen molar-refractivity contribution in [3.05, 3.63) is 0 Å². The van der Waals surface area contributed by atoms with Gasteiger partial charge in [0.1, 0.15) is 0 Å². The largest absolute Gasteiger partial charge is 4.00 e. The molecule has 26 heavy (non-hydrogen) atoms. The third-order valence-electron chi connectivity index (χ3n) is 0.175. The van der Waals surface area contributed by atoms with Gasteiger partial charge in [-0.25, -0.2) is 0 Å². The van der Waals surface area contributed by atoms with E-state index in [1.54, 1.807) is 0 Å². The van der Waals surface area contributed by atoms with E-state index in [1.165, 1.54) is 0 Å². The normalized spacial score (nSPS) is 1.42. The first-order chi connectivity index (χ1) is 2.27. The predicted molar refractivity (Wildman–Crippen MR) is 55.2 cm³/mol. The van der Waals surface area contributed by atoms with Crippen LogP contribution in [-0.4, -0.2) is 131 Å². The summed E-state index contributed by atoms with van der Waals surface area (Å²) in [5.41, 5.74) is 4.57. The first-order valence-electron chi connectivity index (χ1n) is 1.19. The third kappa shape index (κ3) is 516. The Bertz CT molecular complexity index is 90.3. The summed E-state index contributed by atoms with van der Waals surface area (Å²) in [5.74, 6) is -0.968. The second-order valence-corrected chi connectivity index (χ2v) is 0.598. The van der Waals surface area contributed by atoms with Crippen LogP contribution >= 0.6 is 0 Å². The van der Waals surface area contributed by atoms with E-state index in [0.29, 0.717) is 0 Å². The van der Waals surface area contributed by atoms with Gasteiger partial charge in [-0.2, -0.15) is 0 Å². The average molecular weight is 694 g/mol. The molecule has 0 saturated heterocycles. The Morgan fingerprint density at radius 3 is 0.577 bits per heavy atom. The van der Waals surface area contributed by atoms with Crippen molar-refractivity contribution in [1.82, 2.24) is 0 Å². The van der Waals surface area contributed by atoms with Gasteiger partial charge in [0.15, 0.2) is 0 Å². The predicted octanol–water partition coefficient (Wildman–Crippen LogP) is -27.9. The Kier molecular flexibility index (Phi) is 4760. The molecule has 0 aromatic carbocycles. The number of halogens is 8. The summed E-state index contributed by atoms with van der Waals surface area (Å²) < 4.78 is 0. The van der Waals surface area contributed by atoms with Crippen molar-refractivity contribution in [3.63, 3.8) is 0 Å². The topological polar surface area (TPSA) is 303 Å². The van der Waals surface area contributed by atoms with Crippen LogP contribution in [0.2, 0.25) is 0 Å². The second kappa shape index (κ2) is 334. The molecule has 0 aromatic heterocycles. The van der Waals surface area contributed by atoms with Crippen molar-refractivity contribution in [1.29, 1.82) is 0 Å². The summed E-state index contributed by atoms with van der Waals surface area (Å²) in [6.45, 7) is -0.278. The van der Waals surface area contributed by atoms with Crippen molar-refractivity contribution in [3.8, 4) is 0 Å². The molecule has 0 aliphatic heterocycles. The van der Waals surface area contributed by atoms with Crippen LogP contribution in [0.4, 0.5) is 0 Å². The van der Waals surface area contributed by atoms with Crippen molar-refractivity contribution >= 4 is 75.4 Å². The first-order valence-corrected chi connectivity index (χ1v) is 1.19. The molecule has 158 valence electrons. The fourth-order valence-electron chi connectivity index (χ4n) is 0. The zero-order valence-electron chi connectivity index (χ0n) is 12.1. The molecular formula is C2H13Al4Cl8NO10Zr. The number of aliphatic carboxylic acids is 1.